The zero-order chi connectivity index (χ0) is 7.40. The van der Waals surface area contributed by atoms with Crippen LogP contribution in [0, 0.1) is 0 Å². The molecule has 1 aliphatic rings. The van der Waals surface area contributed by atoms with Crippen LogP contribution in [0.15, 0.2) is 4.99 Å². The van der Waals surface area contributed by atoms with E-state index in [1.165, 1.54) is 0 Å². The van der Waals surface area contributed by atoms with E-state index in [0.717, 1.165) is 13.0 Å². The number of rotatable bonds is 2. The molecule has 2 atom stereocenters. The summed E-state index contributed by atoms with van der Waals surface area (Å²) in [5, 5.41) is 0. The molecule has 3 nitrogen and oxygen atoms in total. The molecule has 2 unspecified atom stereocenters. The number of hydrogen-bond donors (Lipinski definition) is 1. The van der Waals surface area contributed by atoms with Gasteiger partial charge in [-0.25, -0.2) is 0 Å². The minimum absolute atomic E-state index is 0.102. The Kier molecular flexibility index (Phi) is 2.83. The predicted octanol–water partition coefficient (Wildman–Crippen LogP) is 0.193. The van der Waals surface area contributed by atoms with Crippen LogP contribution in [-0.4, -0.2) is 31.5 Å². The van der Waals surface area contributed by atoms with Gasteiger partial charge in [0.1, 0.15) is 0 Å². The molecule has 0 bridgehead atoms. The number of ether oxygens (including phenoxy) is 1. The van der Waals surface area contributed by atoms with Gasteiger partial charge in [-0.1, -0.05) is 0 Å². The number of nitrogens with two attached hydrogens (primary N) is 1. The molecular formula is C7H14N2O. The van der Waals surface area contributed by atoms with Crippen LogP contribution >= 0.6 is 0 Å². The summed E-state index contributed by atoms with van der Waals surface area (Å²) in [4.78, 5) is 4.06. The fourth-order valence-electron chi connectivity index (χ4n) is 1.07. The van der Waals surface area contributed by atoms with Crippen molar-refractivity contribution in [2.75, 3.05) is 13.2 Å². The average molecular weight is 142 g/mol. The first-order chi connectivity index (χ1) is 4.84. The van der Waals surface area contributed by atoms with Crippen LogP contribution in [0.2, 0.25) is 0 Å². The first-order valence-corrected chi connectivity index (χ1v) is 3.70. The SMILES string of the molecule is CCOC1CC=NCC1N. The van der Waals surface area contributed by atoms with Gasteiger partial charge in [-0.3, -0.25) is 4.99 Å². The van der Waals surface area contributed by atoms with Crippen LogP contribution in [0.3, 0.4) is 0 Å². The van der Waals surface area contributed by atoms with Crippen molar-refractivity contribution in [3.05, 3.63) is 0 Å². The number of hydrogen-bond acceptors (Lipinski definition) is 3. The van der Waals surface area contributed by atoms with Crippen molar-refractivity contribution in [3.63, 3.8) is 0 Å². The Balaban J connectivity index is 2.35. The van der Waals surface area contributed by atoms with E-state index in [4.69, 9.17) is 10.5 Å². The van der Waals surface area contributed by atoms with Crippen molar-refractivity contribution < 1.29 is 4.74 Å². The average Bonchev–Trinajstić information content (AvgIpc) is 1.94. The van der Waals surface area contributed by atoms with Gasteiger partial charge in [0.15, 0.2) is 0 Å². The molecule has 0 aromatic carbocycles. The predicted molar refractivity (Wildman–Crippen MR) is 41.4 cm³/mol. The summed E-state index contributed by atoms with van der Waals surface area (Å²) in [6, 6.07) is 0.102. The summed E-state index contributed by atoms with van der Waals surface area (Å²) in [6.45, 7) is 3.44. The highest BCUT2D eigenvalue weighted by Crippen LogP contribution is 2.05. The van der Waals surface area contributed by atoms with E-state index in [2.05, 4.69) is 4.99 Å². The fourth-order valence-corrected chi connectivity index (χ4v) is 1.07. The lowest BCUT2D eigenvalue weighted by Gasteiger charge is -2.23. The Morgan fingerprint density at radius 1 is 1.80 bits per heavy atom. The van der Waals surface area contributed by atoms with Gasteiger partial charge in [-0.15, -0.1) is 0 Å². The summed E-state index contributed by atoms with van der Waals surface area (Å²) in [5.41, 5.74) is 5.73. The Morgan fingerprint density at radius 3 is 3.20 bits per heavy atom. The second-order valence-corrected chi connectivity index (χ2v) is 2.44. The molecule has 0 spiro atoms. The van der Waals surface area contributed by atoms with Crippen LogP contribution < -0.4 is 5.73 Å². The van der Waals surface area contributed by atoms with Crippen molar-refractivity contribution in [2.24, 2.45) is 10.7 Å². The highest BCUT2D eigenvalue weighted by Gasteiger charge is 2.18. The fraction of sp³-hybridized carbons (Fsp3) is 0.857. The Morgan fingerprint density at radius 2 is 2.60 bits per heavy atom. The smallest absolute Gasteiger partial charge is 0.0793 e. The summed E-state index contributed by atoms with van der Waals surface area (Å²) in [7, 11) is 0. The van der Waals surface area contributed by atoms with Gasteiger partial charge < -0.3 is 10.5 Å². The van der Waals surface area contributed by atoms with Crippen molar-refractivity contribution in [1.29, 1.82) is 0 Å². The van der Waals surface area contributed by atoms with E-state index in [1.807, 2.05) is 13.1 Å². The maximum atomic E-state index is 5.73. The largest absolute Gasteiger partial charge is 0.376 e. The third-order valence-electron chi connectivity index (χ3n) is 1.64. The van der Waals surface area contributed by atoms with E-state index in [0.29, 0.717) is 6.54 Å². The molecule has 1 aliphatic heterocycles. The topological polar surface area (TPSA) is 47.6 Å². The Hall–Kier alpha value is -0.410. The van der Waals surface area contributed by atoms with E-state index in [-0.39, 0.29) is 12.1 Å². The maximum absolute atomic E-state index is 5.73. The van der Waals surface area contributed by atoms with Gasteiger partial charge in [0.2, 0.25) is 0 Å². The van der Waals surface area contributed by atoms with E-state index in [1.54, 1.807) is 0 Å². The van der Waals surface area contributed by atoms with Gasteiger partial charge in [0.25, 0.3) is 0 Å². The third-order valence-corrected chi connectivity index (χ3v) is 1.64. The van der Waals surface area contributed by atoms with Crippen LogP contribution in [0.25, 0.3) is 0 Å². The Bertz CT molecular complexity index is 125. The zero-order valence-corrected chi connectivity index (χ0v) is 6.29. The molecule has 58 valence electrons. The number of nitrogens with zero attached hydrogens (tertiary/aromatic N) is 1. The summed E-state index contributed by atoms with van der Waals surface area (Å²) in [6.07, 6.45) is 2.96. The van der Waals surface area contributed by atoms with Gasteiger partial charge in [0.05, 0.1) is 18.7 Å². The van der Waals surface area contributed by atoms with Crippen molar-refractivity contribution in [3.8, 4) is 0 Å². The van der Waals surface area contributed by atoms with Gasteiger partial charge in [-0.2, -0.15) is 0 Å². The zero-order valence-electron chi connectivity index (χ0n) is 6.29. The number of aliphatic imine (C=N–C) groups is 1. The normalized spacial score (nSPS) is 32.6. The summed E-state index contributed by atoms with van der Waals surface area (Å²) < 4.78 is 5.38. The van der Waals surface area contributed by atoms with E-state index in [9.17, 15) is 0 Å². The van der Waals surface area contributed by atoms with Crippen LogP contribution in [0.1, 0.15) is 13.3 Å². The quantitative estimate of drug-likeness (QED) is 0.598. The van der Waals surface area contributed by atoms with Gasteiger partial charge in [-0.05, 0) is 6.92 Å². The molecule has 0 aromatic rings. The van der Waals surface area contributed by atoms with Crippen molar-refractivity contribution in [1.82, 2.24) is 0 Å². The highest BCUT2D eigenvalue weighted by atomic mass is 16.5. The molecule has 10 heavy (non-hydrogen) atoms. The molecule has 1 heterocycles. The molecule has 0 fully saturated rings. The van der Waals surface area contributed by atoms with Crippen LogP contribution in [-0.2, 0) is 4.74 Å². The van der Waals surface area contributed by atoms with Gasteiger partial charge in [0, 0.05) is 19.2 Å². The summed E-state index contributed by atoms with van der Waals surface area (Å²) in [5.74, 6) is 0. The molecule has 2 N–H and O–H groups in total. The lowest BCUT2D eigenvalue weighted by molar-refractivity contribution is 0.0494. The monoisotopic (exact) mass is 142 g/mol. The maximum Gasteiger partial charge on any atom is 0.0793 e. The first kappa shape index (κ1) is 7.69. The minimum Gasteiger partial charge on any atom is -0.376 e. The molecule has 0 radical (unpaired) electrons. The second-order valence-electron chi connectivity index (χ2n) is 2.44. The minimum atomic E-state index is 0.102. The molecule has 3 heteroatoms. The molecular weight excluding hydrogens is 128 g/mol. The molecule has 0 amide bonds. The van der Waals surface area contributed by atoms with E-state index >= 15 is 0 Å². The third kappa shape index (κ3) is 1.78. The molecule has 0 aromatic heterocycles. The van der Waals surface area contributed by atoms with Crippen LogP contribution in [0.4, 0.5) is 0 Å². The molecule has 1 rings (SSSR count). The van der Waals surface area contributed by atoms with Crippen LogP contribution in [0.5, 0.6) is 0 Å². The molecule has 0 saturated carbocycles. The Labute approximate surface area is 61.3 Å². The lowest BCUT2D eigenvalue weighted by Crippen LogP contribution is -2.41. The lowest BCUT2D eigenvalue weighted by atomic mass is 10.1. The molecule has 0 aliphatic carbocycles. The van der Waals surface area contributed by atoms with E-state index < -0.39 is 0 Å². The summed E-state index contributed by atoms with van der Waals surface area (Å²) >= 11 is 0. The second kappa shape index (κ2) is 3.68. The standard InChI is InChI=1S/C7H14N2O/c1-2-10-7-3-4-9-5-6(7)8/h4,6-7H,2-3,5,8H2,1H3. The van der Waals surface area contributed by atoms with Gasteiger partial charge >= 0.3 is 0 Å². The van der Waals surface area contributed by atoms with Crippen molar-refractivity contribution in [2.45, 2.75) is 25.5 Å². The molecule has 0 saturated heterocycles. The first-order valence-electron chi connectivity index (χ1n) is 3.70. The van der Waals surface area contributed by atoms with Crippen molar-refractivity contribution >= 4 is 6.21 Å². The highest BCUT2D eigenvalue weighted by molar-refractivity contribution is 5.59.